The van der Waals surface area contributed by atoms with Gasteiger partial charge in [-0.15, -0.1) is 0 Å². The largest absolute Gasteiger partial charge is 0.444 e. The summed E-state index contributed by atoms with van der Waals surface area (Å²) in [5, 5.41) is 4.61. The number of anilines is 1. The van der Waals surface area contributed by atoms with E-state index in [-0.39, 0.29) is 6.09 Å². The van der Waals surface area contributed by atoms with Gasteiger partial charge in [0.15, 0.2) is 0 Å². The lowest BCUT2D eigenvalue weighted by molar-refractivity contribution is 0.0240. The van der Waals surface area contributed by atoms with Crippen LogP contribution >= 0.6 is 0 Å². The van der Waals surface area contributed by atoms with Crippen molar-refractivity contribution in [3.63, 3.8) is 0 Å². The number of ether oxygens (including phenoxy) is 1. The van der Waals surface area contributed by atoms with E-state index in [1.54, 1.807) is 4.90 Å². The molecule has 1 saturated heterocycles. The Hall–Kier alpha value is -2.61. The molecular formula is C24H36N6O2. The van der Waals surface area contributed by atoms with Crippen molar-refractivity contribution in [2.24, 2.45) is 11.7 Å². The maximum atomic E-state index is 12.3. The molecular weight excluding hydrogens is 404 g/mol. The number of carbonyl (C=O) groups is 1. The standard InChI is InChI=1S/C24H36N6O2/c1-24(2,3)32-23(31)29-12-10-28(11-13-29)22-8-4-7-21(27-22)19-16-26-30(17-19)20-14-18(15-20)6-5-9-25/h4,7-8,16-18,20H,5-6,9-15,25H2,1-3H3. The van der Waals surface area contributed by atoms with Gasteiger partial charge in [-0.1, -0.05) is 6.07 Å². The molecule has 0 spiro atoms. The van der Waals surface area contributed by atoms with E-state index in [1.165, 1.54) is 19.3 Å². The zero-order chi connectivity index (χ0) is 22.7. The molecule has 0 aromatic carbocycles. The van der Waals surface area contributed by atoms with Crippen molar-refractivity contribution in [1.82, 2.24) is 19.7 Å². The van der Waals surface area contributed by atoms with Gasteiger partial charge in [0.1, 0.15) is 11.4 Å². The van der Waals surface area contributed by atoms with E-state index in [4.69, 9.17) is 15.5 Å². The number of piperazine rings is 1. The predicted molar refractivity (Wildman–Crippen MR) is 126 cm³/mol. The summed E-state index contributed by atoms with van der Waals surface area (Å²) in [6.07, 6.45) is 8.52. The Morgan fingerprint density at radius 2 is 1.94 bits per heavy atom. The Kier molecular flexibility index (Phi) is 6.69. The van der Waals surface area contributed by atoms with E-state index in [9.17, 15) is 4.79 Å². The average Bonchev–Trinajstić information content (AvgIpc) is 3.21. The minimum absolute atomic E-state index is 0.243. The number of nitrogens with zero attached hydrogens (tertiary/aromatic N) is 5. The molecule has 1 aliphatic heterocycles. The SMILES string of the molecule is CC(C)(C)OC(=O)N1CCN(c2cccc(-c3cnn(C4CC(CCCN)C4)c3)n2)CC1. The number of hydrogen-bond donors (Lipinski definition) is 1. The Balaban J connectivity index is 1.34. The molecule has 1 aliphatic carbocycles. The van der Waals surface area contributed by atoms with Crippen molar-refractivity contribution >= 4 is 11.9 Å². The van der Waals surface area contributed by atoms with E-state index in [1.807, 2.05) is 45.2 Å². The Morgan fingerprint density at radius 3 is 2.62 bits per heavy atom. The molecule has 1 amide bonds. The molecule has 8 nitrogen and oxygen atoms in total. The highest BCUT2D eigenvalue weighted by atomic mass is 16.6. The molecule has 1 saturated carbocycles. The summed E-state index contributed by atoms with van der Waals surface area (Å²) in [5.74, 6) is 1.72. The van der Waals surface area contributed by atoms with Gasteiger partial charge in [-0.2, -0.15) is 5.10 Å². The van der Waals surface area contributed by atoms with Crippen LogP contribution in [0.4, 0.5) is 10.6 Å². The lowest BCUT2D eigenvalue weighted by Gasteiger charge is -2.36. The number of carbonyl (C=O) groups excluding carboxylic acids is 1. The maximum Gasteiger partial charge on any atom is 0.410 e. The van der Waals surface area contributed by atoms with Crippen LogP contribution in [0.25, 0.3) is 11.3 Å². The second-order valence-corrected chi connectivity index (χ2v) is 9.97. The van der Waals surface area contributed by atoms with Gasteiger partial charge in [0.25, 0.3) is 0 Å². The number of aromatic nitrogens is 3. The van der Waals surface area contributed by atoms with Gasteiger partial charge >= 0.3 is 6.09 Å². The van der Waals surface area contributed by atoms with Crippen LogP contribution < -0.4 is 10.6 Å². The van der Waals surface area contributed by atoms with Crippen LogP contribution in [0.1, 0.15) is 52.5 Å². The number of nitrogens with two attached hydrogens (primary N) is 1. The lowest BCUT2D eigenvalue weighted by Crippen LogP contribution is -2.50. The monoisotopic (exact) mass is 440 g/mol. The van der Waals surface area contributed by atoms with Crippen molar-refractivity contribution in [3.05, 3.63) is 30.6 Å². The fourth-order valence-corrected chi connectivity index (χ4v) is 4.43. The first kappa shape index (κ1) is 22.6. The molecule has 0 bridgehead atoms. The fraction of sp³-hybridized carbons (Fsp3) is 0.625. The smallest absolute Gasteiger partial charge is 0.410 e. The van der Waals surface area contributed by atoms with E-state index >= 15 is 0 Å². The minimum atomic E-state index is -0.473. The maximum absolute atomic E-state index is 12.3. The highest BCUT2D eigenvalue weighted by Crippen LogP contribution is 2.40. The molecule has 2 N–H and O–H groups in total. The molecule has 4 rings (SSSR count). The number of hydrogen-bond acceptors (Lipinski definition) is 6. The summed E-state index contributed by atoms with van der Waals surface area (Å²) in [4.78, 5) is 21.2. The Labute approximate surface area is 190 Å². The molecule has 2 aromatic heterocycles. The first-order valence-electron chi connectivity index (χ1n) is 11.8. The van der Waals surface area contributed by atoms with Gasteiger partial charge in [0, 0.05) is 37.9 Å². The zero-order valence-electron chi connectivity index (χ0n) is 19.5. The second-order valence-electron chi connectivity index (χ2n) is 9.97. The van der Waals surface area contributed by atoms with Gasteiger partial charge < -0.3 is 20.3 Å². The highest BCUT2D eigenvalue weighted by molar-refractivity contribution is 5.68. The minimum Gasteiger partial charge on any atom is -0.444 e. The summed E-state index contributed by atoms with van der Waals surface area (Å²) in [6, 6.07) is 6.61. The third-order valence-electron chi connectivity index (χ3n) is 6.29. The average molecular weight is 441 g/mol. The van der Waals surface area contributed by atoms with Crippen molar-refractivity contribution in [2.75, 3.05) is 37.6 Å². The summed E-state index contributed by atoms with van der Waals surface area (Å²) >= 11 is 0. The number of pyridine rings is 1. The quantitative estimate of drug-likeness (QED) is 0.737. The van der Waals surface area contributed by atoms with Gasteiger partial charge in [0.2, 0.25) is 0 Å². The Morgan fingerprint density at radius 1 is 1.19 bits per heavy atom. The molecule has 0 atom stereocenters. The molecule has 174 valence electrons. The topological polar surface area (TPSA) is 89.5 Å². The van der Waals surface area contributed by atoms with Gasteiger partial charge in [-0.25, -0.2) is 9.78 Å². The second kappa shape index (κ2) is 9.48. The van der Waals surface area contributed by atoms with Crippen LogP contribution in [0.2, 0.25) is 0 Å². The van der Waals surface area contributed by atoms with E-state index in [0.717, 1.165) is 49.0 Å². The normalized spacial score (nSPS) is 21.4. The van der Waals surface area contributed by atoms with Gasteiger partial charge in [-0.3, -0.25) is 4.68 Å². The summed E-state index contributed by atoms with van der Waals surface area (Å²) in [7, 11) is 0. The number of rotatable bonds is 6. The summed E-state index contributed by atoms with van der Waals surface area (Å²) in [6.45, 7) is 9.20. The first-order chi connectivity index (χ1) is 15.3. The van der Waals surface area contributed by atoms with Crippen LogP contribution in [0.5, 0.6) is 0 Å². The first-order valence-corrected chi connectivity index (χ1v) is 11.8. The zero-order valence-corrected chi connectivity index (χ0v) is 19.5. The number of amides is 1. The third-order valence-corrected chi connectivity index (χ3v) is 6.29. The van der Waals surface area contributed by atoms with Gasteiger partial charge in [-0.05, 0) is 71.0 Å². The highest BCUT2D eigenvalue weighted by Gasteiger charge is 2.30. The molecule has 8 heteroatoms. The van der Waals surface area contributed by atoms with Crippen molar-refractivity contribution < 1.29 is 9.53 Å². The molecule has 2 aromatic rings. The third kappa shape index (κ3) is 5.41. The van der Waals surface area contributed by atoms with Crippen LogP contribution in [-0.4, -0.2) is 64.1 Å². The molecule has 2 fully saturated rings. The van der Waals surface area contributed by atoms with Crippen LogP contribution in [0.15, 0.2) is 30.6 Å². The van der Waals surface area contributed by atoms with Crippen LogP contribution in [0, 0.1) is 5.92 Å². The summed E-state index contributed by atoms with van der Waals surface area (Å²) < 4.78 is 7.59. The van der Waals surface area contributed by atoms with Gasteiger partial charge in [0.05, 0.1) is 17.9 Å². The van der Waals surface area contributed by atoms with Crippen molar-refractivity contribution in [3.8, 4) is 11.3 Å². The van der Waals surface area contributed by atoms with E-state index < -0.39 is 5.60 Å². The molecule has 0 unspecified atom stereocenters. The van der Waals surface area contributed by atoms with E-state index in [0.29, 0.717) is 19.1 Å². The van der Waals surface area contributed by atoms with Crippen molar-refractivity contribution in [2.45, 2.75) is 58.1 Å². The molecule has 3 heterocycles. The fourth-order valence-electron chi connectivity index (χ4n) is 4.43. The van der Waals surface area contributed by atoms with E-state index in [2.05, 4.69) is 20.9 Å². The molecule has 32 heavy (non-hydrogen) atoms. The van der Waals surface area contributed by atoms with Crippen LogP contribution in [-0.2, 0) is 4.74 Å². The predicted octanol–water partition coefficient (Wildman–Crippen LogP) is 3.69. The Bertz CT molecular complexity index is 907. The summed E-state index contributed by atoms with van der Waals surface area (Å²) in [5.41, 5.74) is 7.13. The molecule has 0 radical (unpaired) electrons. The van der Waals surface area contributed by atoms with Crippen LogP contribution in [0.3, 0.4) is 0 Å². The lowest BCUT2D eigenvalue weighted by atomic mass is 9.77. The molecule has 2 aliphatic rings. The van der Waals surface area contributed by atoms with Crippen molar-refractivity contribution in [1.29, 1.82) is 0 Å².